The van der Waals surface area contributed by atoms with Crippen LogP contribution in [0.15, 0.2) is 70.1 Å². The van der Waals surface area contributed by atoms with E-state index in [1.807, 2.05) is 61.5 Å². The van der Waals surface area contributed by atoms with Crippen LogP contribution < -0.4 is 5.73 Å². The Morgan fingerprint density at radius 2 is 1.72 bits per heavy atom. The Balaban J connectivity index is 1.74. The van der Waals surface area contributed by atoms with Crippen LogP contribution in [0.2, 0.25) is 0 Å². The van der Waals surface area contributed by atoms with E-state index in [9.17, 15) is 4.55 Å². The van der Waals surface area contributed by atoms with Crippen LogP contribution in [0.25, 0.3) is 34.3 Å². The Hall–Kier alpha value is -3.23. The summed E-state index contributed by atoms with van der Waals surface area (Å²) in [4.78, 5) is 9.57. The molecule has 0 saturated heterocycles. The fourth-order valence-electron chi connectivity index (χ4n) is 2.87. The molecule has 0 saturated carbocycles. The Morgan fingerprint density at radius 1 is 1.00 bits per heavy atom. The largest absolute Gasteiger partial charge is 0.611 e. The highest BCUT2D eigenvalue weighted by molar-refractivity contribution is 7.91. The summed E-state index contributed by atoms with van der Waals surface area (Å²) in [7, 11) is 0. The average molecular weight is 405 g/mol. The molecule has 2 aromatic heterocycles. The molecule has 0 amide bonds. The highest BCUT2D eigenvalue weighted by Gasteiger charge is 2.21. The van der Waals surface area contributed by atoms with Gasteiger partial charge in [0.25, 0.3) is 5.89 Å². The first-order chi connectivity index (χ1) is 14.2. The zero-order valence-electron chi connectivity index (χ0n) is 15.8. The summed E-state index contributed by atoms with van der Waals surface area (Å²) in [6, 6.07) is 16.9. The molecule has 2 heterocycles. The predicted octanol–water partition coefficient (Wildman–Crippen LogP) is 3.96. The lowest BCUT2D eigenvalue weighted by molar-refractivity contribution is 0.582. The molecule has 29 heavy (non-hydrogen) atoms. The third-order valence-electron chi connectivity index (χ3n) is 4.25. The molecule has 0 fully saturated rings. The first-order valence-corrected chi connectivity index (χ1v) is 10.5. The van der Waals surface area contributed by atoms with Crippen LogP contribution in [-0.2, 0) is 11.2 Å². The van der Waals surface area contributed by atoms with Gasteiger partial charge in [-0.2, -0.15) is 0 Å². The molecule has 0 aliphatic rings. The van der Waals surface area contributed by atoms with Crippen LogP contribution in [0.5, 0.6) is 0 Å². The zero-order valence-corrected chi connectivity index (χ0v) is 16.6. The molecule has 0 radical (unpaired) electrons. The van der Waals surface area contributed by atoms with Gasteiger partial charge in [0.1, 0.15) is 5.75 Å². The molecule has 1 unspecified atom stereocenters. The quantitative estimate of drug-likeness (QED) is 0.483. The van der Waals surface area contributed by atoms with Crippen molar-refractivity contribution in [2.75, 3.05) is 11.5 Å². The SMILES string of the molecule is CCC[S+]([O-])c1ccccc1-c1cnc(N)c(-c2nnc(-c3ccccc3)o2)n1. The van der Waals surface area contributed by atoms with Crippen molar-refractivity contribution in [1.82, 2.24) is 20.2 Å². The normalized spacial score (nSPS) is 12.1. The molecule has 4 rings (SSSR count). The van der Waals surface area contributed by atoms with Crippen molar-refractivity contribution in [3.8, 4) is 34.3 Å². The third-order valence-corrected chi connectivity index (χ3v) is 5.87. The van der Waals surface area contributed by atoms with Crippen molar-refractivity contribution in [1.29, 1.82) is 0 Å². The molecule has 7 nitrogen and oxygen atoms in total. The molecule has 8 heteroatoms. The van der Waals surface area contributed by atoms with Gasteiger partial charge in [-0.25, -0.2) is 9.97 Å². The number of nitrogen functional groups attached to an aromatic ring is 1. The third kappa shape index (κ3) is 3.98. The summed E-state index contributed by atoms with van der Waals surface area (Å²) in [5, 5.41) is 8.17. The van der Waals surface area contributed by atoms with E-state index in [2.05, 4.69) is 20.2 Å². The highest BCUT2D eigenvalue weighted by atomic mass is 32.2. The summed E-state index contributed by atoms with van der Waals surface area (Å²) in [5.41, 5.74) is 8.43. The molecule has 146 valence electrons. The van der Waals surface area contributed by atoms with Gasteiger partial charge < -0.3 is 14.7 Å². The monoisotopic (exact) mass is 405 g/mol. The van der Waals surface area contributed by atoms with Gasteiger partial charge in [0.05, 0.1) is 17.5 Å². The lowest BCUT2D eigenvalue weighted by Gasteiger charge is -2.13. The number of aromatic nitrogens is 4. The number of nitrogens with zero attached hydrogens (tertiary/aromatic N) is 4. The summed E-state index contributed by atoms with van der Waals surface area (Å²) >= 11 is -1.12. The summed E-state index contributed by atoms with van der Waals surface area (Å²) in [5.74, 6) is 1.32. The lowest BCUT2D eigenvalue weighted by Crippen LogP contribution is -2.08. The molecule has 2 aromatic carbocycles. The van der Waals surface area contributed by atoms with E-state index >= 15 is 0 Å². The summed E-state index contributed by atoms with van der Waals surface area (Å²) in [6.45, 7) is 2.00. The second kappa shape index (κ2) is 8.42. The molecular weight excluding hydrogens is 386 g/mol. The number of hydrogen-bond acceptors (Lipinski definition) is 7. The maximum atomic E-state index is 12.6. The van der Waals surface area contributed by atoms with Gasteiger partial charge >= 0.3 is 0 Å². The molecule has 0 spiro atoms. The lowest BCUT2D eigenvalue weighted by atomic mass is 10.1. The standard InChI is InChI=1S/C21H19N5O2S/c1-2-12-29(27)17-11-7-6-10-15(17)16-13-23-19(22)18(24-16)21-26-25-20(28-21)14-8-4-3-5-9-14/h3-11,13H,2,12H2,1H3,(H2,22,23). The van der Waals surface area contributed by atoms with Gasteiger partial charge in [0, 0.05) is 5.56 Å². The second-order valence-corrected chi connectivity index (χ2v) is 7.85. The average Bonchev–Trinajstić information content (AvgIpc) is 3.25. The van der Waals surface area contributed by atoms with Crippen molar-refractivity contribution in [3.05, 3.63) is 60.8 Å². The summed E-state index contributed by atoms with van der Waals surface area (Å²) < 4.78 is 18.4. The Morgan fingerprint density at radius 3 is 2.52 bits per heavy atom. The predicted molar refractivity (Wildman–Crippen MR) is 112 cm³/mol. The van der Waals surface area contributed by atoms with E-state index in [-0.39, 0.29) is 11.7 Å². The minimum Gasteiger partial charge on any atom is -0.611 e. The fourth-order valence-corrected chi connectivity index (χ4v) is 4.11. The first-order valence-electron chi connectivity index (χ1n) is 9.17. The van der Waals surface area contributed by atoms with Crippen LogP contribution in [0, 0.1) is 0 Å². The minimum absolute atomic E-state index is 0.183. The molecular formula is C21H19N5O2S. The van der Waals surface area contributed by atoms with E-state index in [0.29, 0.717) is 23.0 Å². The van der Waals surface area contributed by atoms with Crippen LogP contribution >= 0.6 is 0 Å². The van der Waals surface area contributed by atoms with Crippen molar-refractivity contribution in [2.45, 2.75) is 18.2 Å². The molecule has 4 aromatic rings. The molecule has 2 N–H and O–H groups in total. The number of anilines is 1. The molecule has 0 aliphatic carbocycles. The Bertz CT molecular complexity index is 1120. The van der Waals surface area contributed by atoms with Gasteiger partial charge in [-0.05, 0) is 41.9 Å². The van der Waals surface area contributed by atoms with Crippen LogP contribution in [0.1, 0.15) is 13.3 Å². The number of rotatable bonds is 6. The second-order valence-electron chi connectivity index (χ2n) is 6.31. The molecule has 0 aliphatic heterocycles. The van der Waals surface area contributed by atoms with Crippen molar-refractivity contribution < 1.29 is 8.97 Å². The Kier molecular flexibility index (Phi) is 5.55. The number of hydrogen-bond donors (Lipinski definition) is 1. The maximum absolute atomic E-state index is 12.6. The van der Waals surface area contributed by atoms with Gasteiger partial charge in [0.15, 0.2) is 16.4 Å². The summed E-state index contributed by atoms with van der Waals surface area (Å²) in [6.07, 6.45) is 2.39. The number of benzene rings is 2. The fraction of sp³-hybridized carbons (Fsp3) is 0.143. The van der Waals surface area contributed by atoms with Crippen LogP contribution in [-0.4, -0.2) is 30.5 Å². The van der Waals surface area contributed by atoms with Crippen LogP contribution in [0.4, 0.5) is 5.82 Å². The Labute approximate surface area is 171 Å². The van der Waals surface area contributed by atoms with Gasteiger partial charge in [-0.3, -0.25) is 0 Å². The smallest absolute Gasteiger partial charge is 0.270 e. The minimum atomic E-state index is -1.12. The van der Waals surface area contributed by atoms with Crippen LogP contribution in [0.3, 0.4) is 0 Å². The van der Waals surface area contributed by atoms with Gasteiger partial charge in [-0.15, -0.1) is 10.2 Å². The van der Waals surface area contributed by atoms with E-state index in [1.54, 1.807) is 6.20 Å². The zero-order chi connectivity index (χ0) is 20.2. The topological polar surface area (TPSA) is 114 Å². The molecule has 0 bridgehead atoms. The number of nitrogens with two attached hydrogens (primary N) is 1. The van der Waals surface area contributed by atoms with E-state index < -0.39 is 11.2 Å². The highest BCUT2D eigenvalue weighted by Crippen LogP contribution is 2.31. The van der Waals surface area contributed by atoms with Gasteiger partial charge in [-0.1, -0.05) is 37.3 Å². The van der Waals surface area contributed by atoms with Crippen molar-refractivity contribution in [3.63, 3.8) is 0 Å². The maximum Gasteiger partial charge on any atom is 0.270 e. The van der Waals surface area contributed by atoms with E-state index in [4.69, 9.17) is 10.2 Å². The van der Waals surface area contributed by atoms with Gasteiger partial charge in [0.2, 0.25) is 5.89 Å². The molecule has 1 atom stereocenters. The van der Waals surface area contributed by atoms with E-state index in [1.165, 1.54) is 0 Å². The van der Waals surface area contributed by atoms with Crippen molar-refractivity contribution in [2.24, 2.45) is 0 Å². The van der Waals surface area contributed by atoms with E-state index in [0.717, 1.165) is 22.4 Å². The van der Waals surface area contributed by atoms with Crippen molar-refractivity contribution >= 4 is 17.0 Å². The first kappa shape index (κ1) is 19.1.